The maximum atomic E-state index is 12.2. The summed E-state index contributed by atoms with van der Waals surface area (Å²) in [6.45, 7) is 4.96. The van der Waals surface area contributed by atoms with Gasteiger partial charge in [-0.2, -0.15) is 0 Å². The largest absolute Gasteiger partial charge is 0.480 e. The van der Waals surface area contributed by atoms with Crippen LogP contribution in [0.3, 0.4) is 0 Å². The van der Waals surface area contributed by atoms with Crippen LogP contribution in [0, 0.1) is 0 Å². The van der Waals surface area contributed by atoms with E-state index in [2.05, 4.69) is 0 Å². The number of aliphatic carboxylic acids is 1. The van der Waals surface area contributed by atoms with Crippen molar-refractivity contribution in [2.24, 2.45) is 0 Å². The molecule has 0 spiro atoms. The smallest absolute Gasteiger partial charge is 0.329 e. The molecule has 0 bridgehead atoms. The standard InChI is InChI=1S/C13H15NO3/c1-8-9-6-4-5-7-10(9)11(15)14(8)13(2,3)12(16)17/h4-8H,1-3H3,(H,16,17). The number of carbonyl (C=O) groups excluding carboxylic acids is 1. The van der Waals surface area contributed by atoms with Gasteiger partial charge in [0.15, 0.2) is 0 Å². The van der Waals surface area contributed by atoms with Gasteiger partial charge in [-0.1, -0.05) is 18.2 Å². The van der Waals surface area contributed by atoms with E-state index in [1.54, 1.807) is 26.0 Å². The van der Waals surface area contributed by atoms with Gasteiger partial charge in [0, 0.05) is 5.56 Å². The van der Waals surface area contributed by atoms with Crippen molar-refractivity contribution in [2.75, 3.05) is 0 Å². The Balaban J connectivity index is 2.50. The Morgan fingerprint density at radius 1 is 1.35 bits per heavy atom. The molecule has 17 heavy (non-hydrogen) atoms. The number of rotatable bonds is 2. The zero-order chi connectivity index (χ0) is 12.8. The molecule has 0 aromatic heterocycles. The molecule has 2 rings (SSSR count). The molecule has 1 unspecified atom stereocenters. The summed E-state index contributed by atoms with van der Waals surface area (Å²) in [6.07, 6.45) is 0. The molecule has 1 amide bonds. The monoisotopic (exact) mass is 233 g/mol. The summed E-state index contributed by atoms with van der Waals surface area (Å²) in [4.78, 5) is 24.9. The Morgan fingerprint density at radius 2 is 1.94 bits per heavy atom. The quantitative estimate of drug-likeness (QED) is 0.850. The normalized spacial score (nSPS) is 19.4. The summed E-state index contributed by atoms with van der Waals surface area (Å²) in [5, 5.41) is 9.22. The van der Waals surface area contributed by atoms with E-state index in [0.717, 1.165) is 5.56 Å². The van der Waals surface area contributed by atoms with E-state index < -0.39 is 11.5 Å². The molecule has 1 aliphatic rings. The van der Waals surface area contributed by atoms with Gasteiger partial charge in [0.2, 0.25) is 0 Å². The molecule has 1 aromatic carbocycles. The lowest BCUT2D eigenvalue weighted by atomic mass is 10.0. The van der Waals surface area contributed by atoms with E-state index >= 15 is 0 Å². The van der Waals surface area contributed by atoms with Crippen molar-refractivity contribution in [1.29, 1.82) is 0 Å². The third-order valence-corrected chi connectivity index (χ3v) is 3.37. The fraction of sp³-hybridized carbons (Fsp3) is 0.385. The van der Waals surface area contributed by atoms with Crippen LogP contribution in [0.1, 0.15) is 42.7 Å². The van der Waals surface area contributed by atoms with Crippen molar-refractivity contribution in [3.8, 4) is 0 Å². The summed E-state index contributed by atoms with van der Waals surface area (Å²) in [5.41, 5.74) is 0.302. The molecular weight excluding hydrogens is 218 g/mol. The Kier molecular flexibility index (Phi) is 2.45. The minimum Gasteiger partial charge on any atom is -0.480 e. The highest BCUT2D eigenvalue weighted by Crippen LogP contribution is 2.38. The molecule has 4 heteroatoms. The van der Waals surface area contributed by atoms with Gasteiger partial charge in [-0.25, -0.2) is 4.79 Å². The third kappa shape index (κ3) is 1.52. The van der Waals surface area contributed by atoms with Crippen LogP contribution >= 0.6 is 0 Å². The molecule has 0 saturated heterocycles. The van der Waals surface area contributed by atoms with Crippen LogP contribution in [0.5, 0.6) is 0 Å². The Hall–Kier alpha value is -1.84. The van der Waals surface area contributed by atoms with Crippen molar-refractivity contribution >= 4 is 11.9 Å². The lowest BCUT2D eigenvalue weighted by Crippen LogP contribution is -2.51. The maximum Gasteiger partial charge on any atom is 0.329 e. The summed E-state index contributed by atoms with van der Waals surface area (Å²) < 4.78 is 0. The minimum absolute atomic E-state index is 0.204. The first-order valence-corrected chi connectivity index (χ1v) is 5.53. The number of nitrogens with zero attached hydrogens (tertiary/aromatic N) is 1. The number of amides is 1. The van der Waals surface area contributed by atoms with E-state index in [9.17, 15) is 14.7 Å². The molecule has 1 aliphatic heterocycles. The summed E-state index contributed by atoms with van der Waals surface area (Å²) in [5.74, 6) is -1.20. The SMILES string of the molecule is CC1c2ccccc2C(=O)N1C(C)(C)C(=O)O. The van der Waals surface area contributed by atoms with Gasteiger partial charge in [-0.3, -0.25) is 4.79 Å². The molecule has 0 fully saturated rings. The first-order valence-electron chi connectivity index (χ1n) is 5.53. The van der Waals surface area contributed by atoms with Crippen molar-refractivity contribution in [3.05, 3.63) is 35.4 Å². The van der Waals surface area contributed by atoms with Crippen LogP contribution in [-0.2, 0) is 4.79 Å². The van der Waals surface area contributed by atoms with E-state index in [1.807, 2.05) is 19.1 Å². The van der Waals surface area contributed by atoms with Gasteiger partial charge < -0.3 is 10.0 Å². The second kappa shape index (κ2) is 3.58. The zero-order valence-electron chi connectivity index (χ0n) is 10.1. The summed E-state index contributed by atoms with van der Waals surface area (Å²) >= 11 is 0. The first kappa shape index (κ1) is 11.6. The molecule has 1 N–H and O–H groups in total. The van der Waals surface area contributed by atoms with Gasteiger partial charge >= 0.3 is 5.97 Å². The van der Waals surface area contributed by atoms with Gasteiger partial charge in [0.05, 0.1) is 6.04 Å². The van der Waals surface area contributed by atoms with Crippen LogP contribution in [0.15, 0.2) is 24.3 Å². The number of carboxylic acid groups (broad SMARTS) is 1. The van der Waals surface area contributed by atoms with Crippen molar-refractivity contribution in [2.45, 2.75) is 32.4 Å². The number of hydrogen-bond donors (Lipinski definition) is 1. The van der Waals surface area contributed by atoms with Crippen molar-refractivity contribution in [1.82, 2.24) is 4.90 Å². The molecule has 0 aliphatic carbocycles. The molecule has 1 aromatic rings. The van der Waals surface area contributed by atoms with Crippen LogP contribution in [0.2, 0.25) is 0 Å². The van der Waals surface area contributed by atoms with Crippen LogP contribution < -0.4 is 0 Å². The number of carboxylic acids is 1. The number of benzene rings is 1. The number of fused-ring (bicyclic) bond motifs is 1. The lowest BCUT2D eigenvalue weighted by Gasteiger charge is -2.35. The Labute approximate surface area is 99.9 Å². The molecule has 0 radical (unpaired) electrons. The van der Waals surface area contributed by atoms with Crippen LogP contribution in [-0.4, -0.2) is 27.4 Å². The average molecular weight is 233 g/mol. The molecule has 1 heterocycles. The first-order chi connectivity index (χ1) is 7.87. The van der Waals surface area contributed by atoms with Gasteiger partial charge in [0.1, 0.15) is 5.54 Å². The second-order valence-electron chi connectivity index (χ2n) is 4.80. The molecule has 0 saturated carbocycles. The van der Waals surface area contributed by atoms with Gasteiger partial charge in [-0.15, -0.1) is 0 Å². The van der Waals surface area contributed by atoms with E-state index in [4.69, 9.17) is 0 Å². The fourth-order valence-corrected chi connectivity index (χ4v) is 2.34. The van der Waals surface area contributed by atoms with Crippen LogP contribution in [0.25, 0.3) is 0 Å². The molecule has 1 atom stereocenters. The van der Waals surface area contributed by atoms with Gasteiger partial charge in [0.25, 0.3) is 5.91 Å². The van der Waals surface area contributed by atoms with E-state index in [-0.39, 0.29) is 11.9 Å². The fourth-order valence-electron chi connectivity index (χ4n) is 2.34. The molecular formula is C13H15NO3. The topological polar surface area (TPSA) is 57.6 Å². The maximum absolute atomic E-state index is 12.2. The highest BCUT2D eigenvalue weighted by Gasteiger charge is 2.46. The van der Waals surface area contributed by atoms with Gasteiger partial charge in [-0.05, 0) is 32.4 Å². The predicted octanol–water partition coefficient (Wildman–Crippen LogP) is 2.07. The lowest BCUT2D eigenvalue weighted by molar-refractivity contribution is -0.148. The highest BCUT2D eigenvalue weighted by molar-refractivity contribution is 6.02. The predicted molar refractivity (Wildman–Crippen MR) is 62.7 cm³/mol. The molecule has 4 nitrogen and oxygen atoms in total. The Bertz CT molecular complexity index is 493. The minimum atomic E-state index is -1.20. The second-order valence-corrected chi connectivity index (χ2v) is 4.80. The van der Waals surface area contributed by atoms with Crippen molar-refractivity contribution < 1.29 is 14.7 Å². The zero-order valence-corrected chi connectivity index (χ0v) is 10.1. The number of carbonyl (C=O) groups is 2. The van der Waals surface area contributed by atoms with E-state index in [0.29, 0.717) is 5.56 Å². The average Bonchev–Trinajstić information content (AvgIpc) is 2.52. The van der Waals surface area contributed by atoms with Crippen LogP contribution in [0.4, 0.5) is 0 Å². The summed E-state index contributed by atoms with van der Waals surface area (Å²) in [7, 11) is 0. The van der Waals surface area contributed by atoms with Crippen molar-refractivity contribution in [3.63, 3.8) is 0 Å². The number of hydrogen-bond acceptors (Lipinski definition) is 2. The molecule has 90 valence electrons. The highest BCUT2D eigenvalue weighted by atomic mass is 16.4. The van der Waals surface area contributed by atoms with E-state index in [1.165, 1.54) is 4.90 Å². The summed E-state index contributed by atoms with van der Waals surface area (Å²) in [6, 6.07) is 7.06. The third-order valence-electron chi connectivity index (χ3n) is 3.37. The Morgan fingerprint density at radius 3 is 2.47 bits per heavy atom.